The average Bonchev–Trinajstić information content (AvgIpc) is 2.38. The smallest absolute Gasteiger partial charge is 0.212 e. The number of thioether (sulfide) groups is 1. The van der Waals surface area contributed by atoms with Crippen molar-refractivity contribution in [1.29, 1.82) is 0 Å². The van der Waals surface area contributed by atoms with Gasteiger partial charge in [0.1, 0.15) is 0 Å². The van der Waals surface area contributed by atoms with E-state index >= 15 is 0 Å². The first-order valence-electron chi connectivity index (χ1n) is 6.44. The molecule has 0 aliphatic heterocycles. The molecule has 0 saturated heterocycles. The first-order valence-corrected chi connectivity index (χ1v) is 9.07. The number of aliphatic hydroxyl groups excluding tert-OH is 1. The fraction of sp³-hybridized carbons (Fsp3) is 0.538. The molecule has 0 amide bonds. The lowest BCUT2D eigenvalue weighted by molar-refractivity contribution is 0.228. The van der Waals surface area contributed by atoms with Gasteiger partial charge < -0.3 is 10.8 Å². The quantitative estimate of drug-likeness (QED) is 0.496. The number of nitrogens with one attached hydrogen (secondary N) is 1. The first kappa shape index (κ1) is 17.3. The molecule has 0 aliphatic carbocycles. The molecule has 114 valence electrons. The minimum absolute atomic E-state index is 0.00474. The van der Waals surface area contributed by atoms with Crippen LogP contribution in [-0.4, -0.2) is 37.7 Å². The Morgan fingerprint density at radius 2 is 2.00 bits per heavy atom. The lowest BCUT2D eigenvalue weighted by atomic mass is 10.1. The van der Waals surface area contributed by atoms with Gasteiger partial charge in [-0.1, -0.05) is 26.0 Å². The van der Waals surface area contributed by atoms with E-state index in [-0.39, 0.29) is 18.3 Å². The maximum absolute atomic E-state index is 11.9. The van der Waals surface area contributed by atoms with Crippen molar-refractivity contribution in [3.63, 3.8) is 0 Å². The molecule has 0 aromatic heterocycles. The maximum atomic E-state index is 11.9. The minimum atomic E-state index is -3.39. The SMILES string of the molecule is CC(C)[C@@H](CO)NS(=O)(=O)CCSc1ccccc1N. The summed E-state index contributed by atoms with van der Waals surface area (Å²) in [7, 11) is -3.39. The van der Waals surface area contributed by atoms with Crippen molar-refractivity contribution in [3.8, 4) is 0 Å². The number of para-hydroxylation sites is 1. The highest BCUT2D eigenvalue weighted by atomic mass is 32.2. The van der Waals surface area contributed by atoms with E-state index < -0.39 is 16.1 Å². The largest absolute Gasteiger partial charge is 0.398 e. The maximum Gasteiger partial charge on any atom is 0.212 e. The fourth-order valence-corrected chi connectivity index (χ4v) is 4.31. The van der Waals surface area contributed by atoms with Gasteiger partial charge in [0.25, 0.3) is 0 Å². The summed E-state index contributed by atoms with van der Waals surface area (Å²) in [6.45, 7) is 3.53. The zero-order valence-corrected chi connectivity index (χ0v) is 13.4. The molecule has 5 nitrogen and oxygen atoms in total. The summed E-state index contributed by atoms with van der Waals surface area (Å²) in [5.41, 5.74) is 6.44. The second kappa shape index (κ2) is 7.87. The summed E-state index contributed by atoms with van der Waals surface area (Å²) in [4.78, 5) is 0.880. The van der Waals surface area contributed by atoms with Gasteiger partial charge in [0.15, 0.2) is 0 Å². The highest BCUT2D eigenvalue weighted by molar-refractivity contribution is 8.00. The Morgan fingerprint density at radius 1 is 1.35 bits per heavy atom. The number of hydrogen-bond donors (Lipinski definition) is 3. The molecule has 0 spiro atoms. The van der Waals surface area contributed by atoms with Gasteiger partial charge >= 0.3 is 0 Å². The van der Waals surface area contributed by atoms with Crippen LogP contribution in [-0.2, 0) is 10.0 Å². The molecule has 1 aromatic carbocycles. The zero-order valence-electron chi connectivity index (χ0n) is 11.7. The summed E-state index contributed by atoms with van der Waals surface area (Å²) in [5.74, 6) is 0.460. The molecular formula is C13H22N2O3S2. The van der Waals surface area contributed by atoms with Crippen LogP contribution in [0.15, 0.2) is 29.2 Å². The third-order valence-electron chi connectivity index (χ3n) is 2.86. The van der Waals surface area contributed by atoms with Crippen molar-refractivity contribution in [2.24, 2.45) is 5.92 Å². The van der Waals surface area contributed by atoms with Crippen LogP contribution in [0.1, 0.15) is 13.8 Å². The molecule has 7 heteroatoms. The summed E-state index contributed by atoms with van der Waals surface area (Å²) in [6.07, 6.45) is 0. The van der Waals surface area contributed by atoms with Gasteiger partial charge in [0, 0.05) is 22.4 Å². The molecule has 0 radical (unpaired) electrons. The zero-order chi connectivity index (χ0) is 15.2. The van der Waals surface area contributed by atoms with Crippen molar-refractivity contribution in [3.05, 3.63) is 24.3 Å². The Balaban J connectivity index is 2.50. The van der Waals surface area contributed by atoms with Crippen molar-refractivity contribution >= 4 is 27.5 Å². The van der Waals surface area contributed by atoms with Gasteiger partial charge in [-0.25, -0.2) is 13.1 Å². The van der Waals surface area contributed by atoms with Crippen molar-refractivity contribution < 1.29 is 13.5 Å². The van der Waals surface area contributed by atoms with Gasteiger partial charge in [-0.15, -0.1) is 11.8 Å². The lowest BCUT2D eigenvalue weighted by Crippen LogP contribution is -2.42. The third kappa shape index (κ3) is 5.70. The molecule has 1 atom stereocenters. The van der Waals surface area contributed by atoms with E-state index in [1.165, 1.54) is 11.8 Å². The van der Waals surface area contributed by atoms with Crippen LogP contribution >= 0.6 is 11.8 Å². The molecule has 0 unspecified atom stereocenters. The van der Waals surface area contributed by atoms with Crippen LogP contribution in [0.3, 0.4) is 0 Å². The molecule has 0 saturated carbocycles. The molecular weight excluding hydrogens is 296 g/mol. The van der Waals surface area contributed by atoms with E-state index in [0.29, 0.717) is 11.4 Å². The van der Waals surface area contributed by atoms with Crippen LogP contribution in [0.5, 0.6) is 0 Å². The van der Waals surface area contributed by atoms with Crippen molar-refractivity contribution in [2.75, 3.05) is 23.8 Å². The van der Waals surface area contributed by atoms with E-state index in [1.54, 1.807) is 6.07 Å². The van der Waals surface area contributed by atoms with Crippen LogP contribution < -0.4 is 10.5 Å². The number of anilines is 1. The van der Waals surface area contributed by atoms with Gasteiger partial charge in [-0.3, -0.25) is 0 Å². The predicted octanol–water partition coefficient (Wildman–Crippen LogP) is 1.30. The monoisotopic (exact) mass is 318 g/mol. The molecule has 20 heavy (non-hydrogen) atoms. The lowest BCUT2D eigenvalue weighted by Gasteiger charge is -2.19. The summed E-state index contributed by atoms with van der Waals surface area (Å²) < 4.78 is 26.3. The molecule has 1 rings (SSSR count). The summed E-state index contributed by atoms with van der Waals surface area (Å²) >= 11 is 1.41. The van der Waals surface area contributed by atoms with E-state index in [0.717, 1.165) is 4.90 Å². The van der Waals surface area contributed by atoms with E-state index in [2.05, 4.69) is 4.72 Å². The number of benzene rings is 1. The molecule has 0 fully saturated rings. The molecule has 0 bridgehead atoms. The number of hydrogen-bond acceptors (Lipinski definition) is 5. The summed E-state index contributed by atoms with van der Waals surface area (Å²) in [5, 5.41) is 9.15. The Bertz CT molecular complexity index is 518. The normalized spacial score (nSPS) is 13.6. The third-order valence-corrected chi connectivity index (χ3v) is 5.61. The van der Waals surface area contributed by atoms with Crippen LogP contribution in [0.4, 0.5) is 5.69 Å². The van der Waals surface area contributed by atoms with Gasteiger partial charge in [-0.05, 0) is 18.1 Å². The van der Waals surface area contributed by atoms with Gasteiger partial charge in [0.05, 0.1) is 12.4 Å². The number of nitrogens with two attached hydrogens (primary N) is 1. The highest BCUT2D eigenvalue weighted by Gasteiger charge is 2.19. The van der Waals surface area contributed by atoms with Gasteiger partial charge in [0.2, 0.25) is 10.0 Å². The minimum Gasteiger partial charge on any atom is -0.398 e. The molecule has 0 heterocycles. The number of sulfonamides is 1. The standard InChI is InChI=1S/C13H22N2O3S2/c1-10(2)12(9-16)15-20(17,18)8-7-19-13-6-4-3-5-11(13)14/h3-6,10,12,15-16H,7-9,14H2,1-2H3/t12-/m1/s1. The summed E-state index contributed by atoms with van der Waals surface area (Å²) in [6, 6.07) is 6.92. The topological polar surface area (TPSA) is 92.4 Å². The Morgan fingerprint density at radius 3 is 2.55 bits per heavy atom. The second-order valence-corrected chi connectivity index (χ2v) is 7.87. The number of rotatable bonds is 8. The fourth-order valence-electron chi connectivity index (χ4n) is 1.55. The van der Waals surface area contributed by atoms with Crippen molar-refractivity contribution in [1.82, 2.24) is 4.72 Å². The van der Waals surface area contributed by atoms with E-state index in [1.807, 2.05) is 32.0 Å². The average molecular weight is 318 g/mol. The molecule has 1 aromatic rings. The van der Waals surface area contributed by atoms with Crippen LogP contribution in [0.2, 0.25) is 0 Å². The van der Waals surface area contributed by atoms with Gasteiger partial charge in [-0.2, -0.15) is 0 Å². The molecule has 4 N–H and O–H groups in total. The second-order valence-electron chi connectivity index (χ2n) is 4.86. The molecule has 0 aliphatic rings. The van der Waals surface area contributed by atoms with E-state index in [9.17, 15) is 8.42 Å². The van der Waals surface area contributed by atoms with Crippen LogP contribution in [0.25, 0.3) is 0 Å². The number of aliphatic hydroxyl groups is 1. The Hall–Kier alpha value is -0.760. The van der Waals surface area contributed by atoms with Crippen LogP contribution in [0, 0.1) is 5.92 Å². The van der Waals surface area contributed by atoms with Crippen molar-refractivity contribution in [2.45, 2.75) is 24.8 Å². The number of nitrogen functional groups attached to an aromatic ring is 1. The Kier molecular flexibility index (Phi) is 6.81. The highest BCUT2D eigenvalue weighted by Crippen LogP contribution is 2.24. The van der Waals surface area contributed by atoms with E-state index in [4.69, 9.17) is 10.8 Å². The first-order chi connectivity index (χ1) is 9.35. The Labute approximate surface area is 125 Å². The predicted molar refractivity (Wildman–Crippen MR) is 84.2 cm³/mol.